The number of rotatable bonds is 3. The maximum atomic E-state index is 6.27. The van der Waals surface area contributed by atoms with E-state index in [4.69, 9.17) is 5.53 Å². The smallest absolute Gasteiger partial charge is 0.129 e. The summed E-state index contributed by atoms with van der Waals surface area (Å²) in [4.78, 5) is 4.43. The normalized spacial score (nSPS) is 11.0. The van der Waals surface area contributed by atoms with Crippen LogP contribution in [0.1, 0.15) is 20.3 Å². The van der Waals surface area contributed by atoms with E-state index < -0.39 is 0 Å². The van der Waals surface area contributed by atoms with Crippen LogP contribution >= 0.6 is 0 Å². The van der Waals surface area contributed by atoms with Crippen molar-refractivity contribution in [2.45, 2.75) is 20.3 Å². The SMILES string of the molecule is CC/C=C(/C)ON=N. The highest BCUT2D eigenvalue weighted by Gasteiger charge is 1.81. The molecule has 0 heterocycles. The van der Waals surface area contributed by atoms with Gasteiger partial charge in [-0.15, -0.1) is 0 Å². The Morgan fingerprint density at radius 1 is 1.88 bits per heavy atom. The van der Waals surface area contributed by atoms with Crippen molar-refractivity contribution in [2.75, 3.05) is 0 Å². The summed E-state index contributed by atoms with van der Waals surface area (Å²) in [5.41, 5.74) is 6.27. The topological polar surface area (TPSA) is 45.4 Å². The Balaban J connectivity index is 3.44. The zero-order chi connectivity index (χ0) is 6.41. The van der Waals surface area contributed by atoms with Crippen molar-refractivity contribution in [3.05, 3.63) is 11.8 Å². The largest absolute Gasteiger partial charge is 0.345 e. The van der Waals surface area contributed by atoms with Gasteiger partial charge in [-0.1, -0.05) is 6.92 Å². The summed E-state index contributed by atoms with van der Waals surface area (Å²) in [6.45, 7) is 3.76. The van der Waals surface area contributed by atoms with Crippen molar-refractivity contribution in [3.8, 4) is 0 Å². The van der Waals surface area contributed by atoms with Crippen LogP contribution in [0.5, 0.6) is 0 Å². The molecule has 0 spiro atoms. The fourth-order valence-corrected chi connectivity index (χ4v) is 0.397. The van der Waals surface area contributed by atoms with Crippen LogP contribution in [0.15, 0.2) is 17.1 Å². The Morgan fingerprint density at radius 3 is 2.88 bits per heavy atom. The van der Waals surface area contributed by atoms with Gasteiger partial charge in [0.25, 0.3) is 0 Å². The minimum atomic E-state index is 0.683. The predicted molar refractivity (Wildman–Crippen MR) is 30.3 cm³/mol. The van der Waals surface area contributed by atoms with Crippen LogP contribution in [0.4, 0.5) is 0 Å². The molecule has 0 aliphatic rings. The predicted octanol–water partition coefficient (Wildman–Crippen LogP) is 2.26. The van der Waals surface area contributed by atoms with Crippen LogP contribution in [0.2, 0.25) is 0 Å². The number of hydrogen-bond donors (Lipinski definition) is 1. The average Bonchev–Trinajstić information content (AvgIpc) is 1.68. The molecule has 0 unspecified atom stereocenters. The maximum absolute atomic E-state index is 6.27. The van der Waals surface area contributed by atoms with Crippen LogP contribution in [-0.2, 0) is 4.84 Å². The van der Waals surface area contributed by atoms with Gasteiger partial charge in [0.1, 0.15) is 5.76 Å². The first-order valence-electron chi connectivity index (χ1n) is 2.51. The van der Waals surface area contributed by atoms with Gasteiger partial charge in [-0.2, -0.15) is 5.53 Å². The fourth-order valence-electron chi connectivity index (χ4n) is 0.397. The van der Waals surface area contributed by atoms with Gasteiger partial charge >= 0.3 is 0 Å². The fraction of sp³-hybridized carbons (Fsp3) is 0.600. The number of allylic oxidation sites excluding steroid dienone is 2. The summed E-state index contributed by atoms with van der Waals surface area (Å²) < 4.78 is 0. The second kappa shape index (κ2) is 4.30. The Kier molecular flexibility index (Phi) is 3.84. The molecule has 0 aliphatic carbocycles. The van der Waals surface area contributed by atoms with Gasteiger partial charge in [-0.3, -0.25) is 0 Å². The highest BCUT2D eigenvalue weighted by molar-refractivity contribution is 4.85. The molecule has 0 fully saturated rings. The molecule has 0 atom stereocenters. The van der Waals surface area contributed by atoms with E-state index in [1.165, 1.54) is 0 Å². The third-order valence-corrected chi connectivity index (χ3v) is 0.681. The van der Waals surface area contributed by atoms with Gasteiger partial charge < -0.3 is 4.84 Å². The zero-order valence-corrected chi connectivity index (χ0v) is 5.14. The molecule has 1 N–H and O–H groups in total. The molecule has 0 radical (unpaired) electrons. The second-order valence-corrected chi connectivity index (χ2v) is 1.41. The van der Waals surface area contributed by atoms with E-state index in [0.717, 1.165) is 6.42 Å². The first kappa shape index (κ1) is 7.14. The monoisotopic (exact) mass is 114 g/mol. The van der Waals surface area contributed by atoms with Gasteiger partial charge in [0.2, 0.25) is 0 Å². The van der Waals surface area contributed by atoms with E-state index in [0.29, 0.717) is 5.76 Å². The molecule has 46 valence electrons. The quantitative estimate of drug-likeness (QED) is 0.341. The molecule has 0 amide bonds. The molecule has 0 aliphatic heterocycles. The highest BCUT2D eigenvalue weighted by atomic mass is 16.6. The van der Waals surface area contributed by atoms with Crippen molar-refractivity contribution in [2.24, 2.45) is 5.28 Å². The van der Waals surface area contributed by atoms with Gasteiger partial charge in [0.05, 0.1) is 0 Å². The lowest BCUT2D eigenvalue weighted by molar-refractivity contribution is 0.194. The van der Waals surface area contributed by atoms with E-state index in [2.05, 4.69) is 10.1 Å². The summed E-state index contributed by atoms with van der Waals surface area (Å²) in [6.07, 6.45) is 2.78. The minimum absolute atomic E-state index is 0.683. The standard InChI is InChI=1S/C5H10N2O/c1-3-4-5(2)8-7-6/h4,6H,3H2,1-2H3/b5-4-,7-6?. The van der Waals surface area contributed by atoms with Gasteiger partial charge in [-0.25, -0.2) is 0 Å². The van der Waals surface area contributed by atoms with Crippen LogP contribution in [0.25, 0.3) is 0 Å². The Morgan fingerprint density at radius 2 is 2.50 bits per heavy atom. The maximum Gasteiger partial charge on any atom is 0.129 e. The van der Waals surface area contributed by atoms with Crippen molar-refractivity contribution >= 4 is 0 Å². The van der Waals surface area contributed by atoms with E-state index >= 15 is 0 Å². The van der Waals surface area contributed by atoms with Crippen molar-refractivity contribution in [3.63, 3.8) is 0 Å². The molecule has 8 heavy (non-hydrogen) atoms. The molecular formula is C5H10N2O. The molecule has 3 nitrogen and oxygen atoms in total. The summed E-state index contributed by atoms with van der Waals surface area (Å²) in [5.74, 6) is 0.683. The van der Waals surface area contributed by atoms with Crippen LogP contribution in [0, 0.1) is 5.53 Å². The van der Waals surface area contributed by atoms with Gasteiger partial charge in [0, 0.05) is 5.28 Å². The van der Waals surface area contributed by atoms with E-state index in [9.17, 15) is 0 Å². The van der Waals surface area contributed by atoms with Gasteiger partial charge in [0.15, 0.2) is 0 Å². The van der Waals surface area contributed by atoms with E-state index in [1.807, 2.05) is 13.0 Å². The van der Waals surface area contributed by atoms with Crippen molar-refractivity contribution in [1.82, 2.24) is 0 Å². The minimum Gasteiger partial charge on any atom is -0.345 e. The average molecular weight is 114 g/mol. The lowest BCUT2D eigenvalue weighted by Crippen LogP contribution is -1.74. The molecule has 0 rings (SSSR count). The van der Waals surface area contributed by atoms with Crippen molar-refractivity contribution in [1.29, 1.82) is 5.53 Å². The summed E-state index contributed by atoms with van der Waals surface area (Å²) in [7, 11) is 0. The Hall–Kier alpha value is -0.860. The Labute approximate surface area is 48.8 Å². The Bertz CT molecular complexity index is 98.6. The van der Waals surface area contributed by atoms with Crippen LogP contribution in [0.3, 0.4) is 0 Å². The number of nitrogens with one attached hydrogen (secondary N) is 1. The molecule has 0 aromatic rings. The third-order valence-electron chi connectivity index (χ3n) is 0.681. The number of hydrogen-bond acceptors (Lipinski definition) is 3. The third kappa shape index (κ3) is 3.33. The first-order valence-corrected chi connectivity index (χ1v) is 2.51. The lowest BCUT2D eigenvalue weighted by atomic mass is 10.4. The zero-order valence-electron chi connectivity index (χ0n) is 5.14. The molecule has 3 heteroatoms. The number of nitrogens with zero attached hydrogens (tertiary/aromatic N) is 1. The van der Waals surface area contributed by atoms with Crippen LogP contribution < -0.4 is 0 Å². The molecule has 0 aromatic heterocycles. The summed E-state index contributed by atoms with van der Waals surface area (Å²) in [6, 6.07) is 0. The highest BCUT2D eigenvalue weighted by Crippen LogP contribution is 1.95. The first-order chi connectivity index (χ1) is 3.81. The van der Waals surface area contributed by atoms with Crippen LogP contribution in [-0.4, -0.2) is 0 Å². The lowest BCUT2D eigenvalue weighted by Gasteiger charge is -1.90. The molecule has 0 saturated carbocycles. The second-order valence-electron chi connectivity index (χ2n) is 1.41. The summed E-state index contributed by atoms with van der Waals surface area (Å²) in [5, 5.41) is 2.74. The molecule has 0 aromatic carbocycles. The molecule has 0 saturated heterocycles. The summed E-state index contributed by atoms with van der Waals surface area (Å²) >= 11 is 0. The van der Waals surface area contributed by atoms with Gasteiger partial charge in [-0.05, 0) is 19.4 Å². The molecule has 0 bridgehead atoms. The van der Waals surface area contributed by atoms with E-state index in [1.54, 1.807) is 6.92 Å². The molecular weight excluding hydrogens is 104 g/mol. The van der Waals surface area contributed by atoms with E-state index in [-0.39, 0.29) is 0 Å². The van der Waals surface area contributed by atoms with Crippen molar-refractivity contribution < 1.29 is 4.84 Å².